The Hall–Kier alpha value is -4.44. The summed E-state index contributed by atoms with van der Waals surface area (Å²) in [6, 6.07) is -2.98. The summed E-state index contributed by atoms with van der Waals surface area (Å²) >= 11 is 0. The molecule has 7 aliphatic carbocycles. The second kappa shape index (κ2) is 31.0. The molecule has 0 aromatic carbocycles. The average molecular weight is 1470 g/mol. The summed E-state index contributed by atoms with van der Waals surface area (Å²) in [6.07, 6.45) is 18.2. The highest BCUT2D eigenvalue weighted by molar-refractivity contribution is 7.93. The number of hydrogen-bond donors (Lipinski definition) is 3. The predicted molar refractivity (Wildman–Crippen MR) is 393 cm³/mol. The zero-order valence-corrected chi connectivity index (χ0v) is 66.5. The summed E-state index contributed by atoms with van der Waals surface area (Å²) in [5, 5.41) is 8.74. The molecular weight excluding hydrogens is 1340 g/mol. The lowest BCUT2D eigenvalue weighted by Crippen LogP contribution is -2.63. The van der Waals surface area contributed by atoms with Gasteiger partial charge in [0.2, 0.25) is 23.4 Å². The van der Waals surface area contributed by atoms with Crippen LogP contribution in [-0.4, -0.2) is 162 Å². The Morgan fingerprint density at radius 3 is 1.57 bits per heavy atom. The van der Waals surface area contributed by atoms with Gasteiger partial charge in [-0.25, -0.2) is 21.6 Å². The van der Waals surface area contributed by atoms with E-state index in [0.29, 0.717) is 89.5 Å². The number of rotatable bonds is 32. The number of hydrogen-bond acceptors (Lipinski definition) is 15. The number of amides is 5. The molecular formula is C80H129N5O15S2. The number of nitrogens with one attached hydrogen (secondary N) is 3. The minimum Gasteiger partial charge on any atom is -0.381 e. The Kier molecular flexibility index (Phi) is 24.8. The third-order valence-corrected chi connectivity index (χ3v) is 32.1. The van der Waals surface area contributed by atoms with Gasteiger partial charge in [-0.1, -0.05) is 140 Å². The molecule has 0 unspecified atom stereocenters. The lowest BCUT2D eigenvalue weighted by molar-refractivity contribution is -0.148. The normalized spacial score (nSPS) is 27.4. The zero-order valence-electron chi connectivity index (χ0n) is 64.9. The van der Waals surface area contributed by atoms with Crippen molar-refractivity contribution in [2.45, 2.75) is 323 Å². The third-order valence-electron chi connectivity index (χ3n) is 26.4. The average Bonchev–Trinajstić information content (AvgIpc) is 1.55. The molecule has 0 spiro atoms. The van der Waals surface area contributed by atoms with Crippen LogP contribution in [0.15, 0.2) is 0 Å². The summed E-state index contributed by atoms with van der Waals surface area (Å²) in [5.74, 6) is -4.20. The van der Waals surface area contributed by atoms with E-state index in [4.69, 9.17) is 4.74 Å². The number of ether oxygens (including phenoxy) is 1. The van der Waals surface area contributed by atoms with Gasteiger partial charge in [0, 0.05) is 82.2 Å². The van der Waals surface area contributed by atoms with Crippen molar-refractivity contribution in [3.63, 3.8) is 0 Å². The minimum atomic E-state index is -3.55. The van der Waals surface area contributed by atoms with Crippen LogP contribution in [0.25, 0.3) is 0 Å². The highest BCUT2D eigenvalue weighted by Gasteiger charge is 2.71. The van der Waals surface area contributed by atoms with Gasteiger partial charge in [-0.15, -0.1) is 0 Å². The molecule has 3 aliphatic heterocycles. The number of carbonyl (C=O) groups is 10. The van der Waals surface area contributed by atoms with Crippen LogP contribution >= 0.6 is 0 Å². The smallest absolute Gasteiger partial charge is 0.315 e. The van der Waals surface area contributed by atoms with E-state index >= 15 is 0 Å². The number of sulfone groups is 2. The summed E-state index contributed by atoms with van der Waals surface area (Å²) < 4.78 is 58.3. The van der Waals surface area contributed by atoms with Gasteiger partial charge in [-0.3, -0.25) is 43.2 Å². The van der Waals surface area contributed by atoms with Crippen molar-refractivity contribution in [3.8, 4) is 0 Å². The number of ketones is 6. The van der Waals surface area contributed by atoms with Gasteiger partial charge in [0.25, 0.3) is 5.91 Å². The zero-order chi connectivity index (χ0) is 75.3. The van der Waals surface area contributed by atoms with Crippen molar-refractivity contribution in [1.82, 2.24) is 25.8 Å². The van der Waals surface area contributed by atoms with Crippen LogP contribution < -0.4 is 16.0 Å². The van der Waals surface area contributed by atoms with E-state index in [1.165, 1.54) is 0 Å². The van der Waals surface area contributed by atoms with Crippen LogP contribution in [-0.2, 0) is 67.6 Å². The highest BCUT2D eigenvalue weighted by Crippen LogP contribution is 2.67. The fourth-order valence-electron chi connectivity index (χ4n) is 18.4. The highest BCUT2D eigenvalue weighted by atomic mass is 32.2. The number of piperidine rings is 2. The van der Waals surface area contributed by atoms with Gasteiger partial charge >= 0.3 is 6.03 Å². The van der Waals surface area contributed by atoms with Crippen molar-refractivity contribution in [2.24, 2.45) is 80.3 Å². The fourth-order valence-corrected chi connectivity index (χ4v) is 22.3. The Bertz CT molecular complexity index is 3380. The van der Waals surface area contributed by atoms with E-state index in [2.05, 4.69) is 43.6 Å². The number of Topliss-reactive ketones (excluding diaryl/α,β-unsaturated/α-hetero) is 6. The Morgan fingerprint density at radius 2 is 1.09 bits per heavy atom. The molecule has 10 atom stereocenters. The molecule has 20 nitrogen and oxygen atoms in total. The maximum absolute atomic E-state index is 14.7. The van der Waals surface area contributed by atoms with Crippen LogP contribution in [0, 0.1) is 80.3 Å². The van der Waals surface area contributed by atoms with Gasteiger partial charge < -0.3 is 30.5 Å². The monoisotopic (exact) mass is 1460 g/mol. The maximum atomic E-state index is 14.7. The van der Waals surface area contributed by atoms with Gasteiger partial charge in [0.05, 0.1) is 38.6 Å². The molecule has 10 fully saturated rings. The number of likely N-dealkylation sites (tertiary alicyclic amines) is 2. The van der Waals surface area contributed by atoms with Gasteiger partial charge in [0.1, 0.15) is 11.8 Å². The molecule has 3 saturated heterocycles. The third kappa shape index (κ3) is 19.1. The van der Waals surface area contributed by atoms with Gasteiger partial charge in [0.15, 0.2) is 37.0 Å². The Labute approximate surface area is 611 Å². The topological polar surface area (TPSA) is 291 Å². The van der Waals surface area contributed by atoms with Crippen molar-refractivity contribution in [3.05, 3.63) is 0 Å². The predicted octanol–water partition coefficient (Wildman–Crippen LogP) is 11.8. The molecule has 7 saturated carbocycles. The number of carbonyl (C=O) groups excluding carboxylic acids is 10. The molecule has 0 aromatic heterocycles. The number of unbranched alkanes of at least 4 members (excludes halogenated alkanes) is 1. The molecule has 3 N–H and O–H groups in total. The summed E-state index contributed by atoms with van der Waals surface area (Å²) in [6.45, 7) is 30.4. The quantitative estimate of drug-likeness (QED) is 0.0528. The van der Waals surface area contributed by atoms with Crippen molar-refractivity contribution >= 4 is 78.1 Å². The van der Waals surface area contributed by atoms with E-state index < -0.39 is 110 Å². The van der Waals surface area contributed by atoms with E-state index in [0.717, 1.165) is 96.3 Å². The number of urea groups is 1. The van der Waals surface area contributed by atoms with E-state index in [1.807, 2.05) is 55.4 Å². The van der Waals surface area contributed by atoms with Gasteiger partial charge in [-0.2, -0.15) is 0 Å². The van der Waals surface area contributed by atoms with Crippen molar-refractivity contribution in [2.75, 3.05) is 37.8 Å². The Balaban J connectivity index is 0.000000237. The first-order chi connectivity index (χ1) is 47.3. The van der Waals surface area contributed by atoms with E-state index in [1.54, 1.807) is 30.6 Å². The molecule has 10 aliphatic rings. The first kappa shape index (κ1) is 81.6. The lowest BCUT2D eigenvalue weighted by Gasteiger charge is -2.42. The molecule has 576 valence electrons. The standard InChI is InChI=1S/C42H67NO8S.C38H62N4O7S/c1-8-9-13-29(37(47)34(46)22-28-14-15-28)23-33(45)36-35-32(40(35,5)6)26-43(36)38(48)31(39(2,3)4)24-30(44)25-42(16-11-10-12-17-42)27-52(49,50)41(7)18-20-51-21-19-41;1-35(2,3)31(40-34(47)41-38(18-10-9-11-19-38)22-50(48,49)36(4,5)6)33(46)42-21-26-28(37(26,7)8)29(42)27(43)20-24(15-14-23-12-13-23)30(44)32(45)39-25-16-17-25/h28-29,31-32,35-36H,8-27H2,1-7H3;23-26,28-29,31H,9-22H2,1-8H3,(H,39,45)(H2,40,41,47)/t29-,31-,32+,35+,36-;24-,26-,28-,29+,31+/m10/s1. The fraction of sp³-hybridized carbons (Fsp3) is 0.875. The van der Waals surface area contributed by atoms with Crippen molar-refractivity contribution in [1.29, 1.82) is 0 Å². The van der Waals surface area contributed by atoms with Crippen LogP contribution in [0.5, 0.6) is 0 Å². The summed E-state index contributed by atoms with van der Waals surface area (Å²) in [7, 11) is -7.07. The molecule has 22 heteroatoms. The summed E-state index contributed by atoms with van der Waals surface area (Å²) in [4.78, 5) is 142. The first-order valence-electron chi connectivity index (χ1n) is 39.5. The number of fused-ring (bicyclic) bond motifs is 2. The second-order valence-electron chi connectivity index (χ2n) is 38.6. The largest absolute Gasteiger partial charge is 0.381 e. The van der Waals surface area contributed by atoms with Crippen molar-refractivity contribution < 1.29 is 69.5 Å². The molecule has 102 heavy (non-hydrogen) atoms. The van der Waals surface area contributed by atoms with Crippen LogP contribution in [0.1, 0.15) is 284 Å². The number of nitrogens with zero attached hydrogens (tertiary/aromatic N) is 2. The molecule has 0 bridgehead atoms. The lowest BCUT2D eigenvalue weighted by atomic mass is 9.70. The van der Waals surface area contributed by atoms with Crippen LogP contribution in [0.3, 0.4) is 0 Å². The second-order valence-corrected chi connectivity index (χ2v) is 43.8. The molecule has 10 rings (SSSR count). The Morgan fingerprint density at radius 1 is 0.578 bits per heavy atom. The molecule has 0 aromatic rings. The molecule has 0 radical (unpaired) electrons. The first-order valence-corrected chi connectivity index (χ1v) is 42.8. The molecule has 3 heterocycles. The van der Waals surface area contributed by atoms with Gasteiger partial charge in [-0.05, 0) is 174 Å². The molecule has 5 amide bonds. The van der Waals surface area contributed by atoms with Crippen LogP contribution in [0.2, 0.25) is 0 Å². The SMILES string of the molecule is CC(C)(C)[C@H](NC(=O)NC1(CS(=O)(=O)C(C)(C)C)CCCCC1)C(=O)N1C[C@H]2[C@@H]([C@H]1C(=O)C[C@H](CCC1CC1)C(=O)C(=O)NC1CC1)C2(C)C.CCCC[C@H](CC(=O)[C@@H]1[C@@H]2[C@H](CN1C(=O)[C@@H](CC(=O)CC1(CS(=O)(=O)C3(C)CCOCC3)CCCCC1)C(C)(C)C)C2(C)C)C(=O)C(=O)CC1CC1. The maximum Gasteiger partial charge on any atom is 0.315 e. The van der Waals surface area contributed by atoms with Crippen LogP contribution in [0.4, 0.5) is 4.79 Å². The van der Waals surface area contributed by atoms with E-state index in [9.17, 15) is 64.8 Å². The minimum absolute atomic E-state index is 0.00133. The summed E-state index contributed by atoms with van der Waals surface area (Å²) in [5.41, 5.74) is -3.16. The van der Waals surface area contributed by atoms with E-state index in [-0.39, 0.29) is 119 Å².